The number of halogens is 1. The molecule has 0 aliphatic heterocycles. The van der Waals surface area contributed by atoms with Gasteiger partial charge >= 0.3 is 0 Å². The van der Waals surface area contributed by atoms with Gasteiger partial charge in [0.2, 0.25) is 0 Å². The zero-order valence-electron chi connectivity index (χ0n) is 16.1. The van der Waals surface area contributed by atoms with Gasteiger partial charge in [-0.3, -0.25) is 0 Å². The first kappa shape index (κ1) is 18.0. The molecule has 0 amide bonds. The van der Waals surface area contributed by atoms with Gasteiger partial charge in [-0.25, -0.2) is 0 Å². The van der Waals surface area contributed by atoms with E-state index in [0.717, 1.165) is 17.9 Å². The van der Waals surface area contributed by atoms with Crippen molar-refractivity contribution in [3.63, 3.8) is 0 Å². The topological polar surface area (TPSA) is 0 Å². The lowest BCUT2D eigenvalue weighted by Gasteiger charge is -2.13. The number of fused-ring (bicyclic) bond motifs is 1. The van der Waals surface area contributed by atoms with Crippen molar-refractivity contribution in [2.75, 3.05) is 0 Å². The molecule has 4 aromatic rings. The Morgan fingerprint density at radius 3 is 1.83 bits per heavy atom. The molecule has 0 radical (unpaired) electrons. The van der Waals surface area contributed by atoms with Crippen LogP contribution in [0.15, 0.2) is 97.1 Å². The largest absolute Gasteiger partial charge is 0.0843 e. The SMILES string of the molecule is Clc1ccc(-c2ccc(-c3cccc(-c4ccc5c(c4)CCC=C5)c3)cc2)cc1. The van der Waals surface area contributed by atoms with Crippen LogP contribution in [-0.2, 0) is 6.42 Å². The summed E-state index contributed by atoms with van der Waals surface area (Å²) < 4.78 is 0. The van der Waals surface area contributed by atoms with Gasteiger partial charge in [0.25, 0.3) is 0 Å². The molecule has 0 N–H and O–H groups in total. The van der Waals surface area contributed by atoms with Crippen LogP contribution in [0, 0.1) is 0 Å². The summed E-state index contributed by atoms with van der Waals surface area (Å²) in [7, 11) is 0. The van der Waals surface area contributed by atoms with Crippen molar-refractivity contribution < 1.29 is 0 Å². The highest BCUT2D eigenvalue weighted by molar-refractivity contribution is 6.30. The first-order valence-corrected chi connectivity index (χ1v) is 10.4. The number of allylic oxidation sites excluding steroid dienone is 1. The van der Waals surface area contributed by atoms with Gasteiger partial charge < -0.3 is 0 Å². The van der Waals surface area contributed by atoms with Crippen LogP contribution in [0.3, 0.4) is 0 Å². The van der Waals surface area contributed by atoms with E-state index in [2.05, 4.69) is 91.0 Å². The zero-order valence-corrected chi connectivity index (χ0v) is 16.9. The minimum absolute atomic E-state index is 0.764. The normalized spacial score (nSPS) is 12.6. The molecular formula is C28H21Cl. The predicted molar refractivity (Wildman–Crippen MR) is 125 cm³/mol. The van der Waals surface area contributed by atoms with Gasteiger partial charge in [-0.2, -0.15) is 0 Å². The highest BCUT2D eigenvalue weighted by Crippen LogP contribution is 2.31. The molecule has 0 nitrogen and oxygen atoms in total. The summed E-state index contributed by atoms with van der Waals surface area (Å²) in [6.07, 6.45) is 6.76. The Morgan fingerprint density at radius 2 is 1.10 bits per heavy atom. The van der Waals surface area contributed by atoms with Crippen molar-refractivity contribution in [1.29, 1.82) is 0 Å². The monoisotopic (exact) mass is 392 g/mol. The Hall–Kier alpha value is -3.09. The fourth-order valence-corrected chi connectivity index (χ4v) is 4.12. The predicted octanol–water partition coefficient (Wildman–Crippen LogP) is 8.30. The molecule has 0 fully saturated rings. The zero-order chi connectivity index (χ0) is 19.6. The van der Waals surface area contributed by atoms with Crippen LogP contribution in [0.1, 0.15) is 17.5 Å². The van der Waals surface area contributed by atoms with E-state index in [0.29, 0.717) is 0 Å². The van der Waals surface area contributed by atoms with E-state index in [1.54, 1.807) is 0 Å². The third-order valence-corrected chi connectivity index (χ3v) is 5.86. The van der Waals surface area contributed by atoms with Crippen LogP contribution in [0.5, 0.6) is 0 Å². The molecule has 1 aliphatic rings. The van der Waals surface area contributed by atoms with Crippen LogP contribution in [0.2, 0.25) is 5.02 Å². The summed E-state index contributed by atoms with van der Waals surface area (Å²) in [5.41, 5.74) is 10.2. The molecule has 140 valence electrons. The first-order valence-electron chi connectivity index (χ1n) is 10.0. The molecule has 4 aromatic carbocycles. The third-order valence-electron chi connectivity index (χ3n) is 5.61. The molecule has 0 heterocycles. The molecule has 0 saturated carbocycles. The second-order valence-electron chi connectivity index (χ2n) is 7.52. The molecule has 0 unspecified atom stereocenters. The Balaban J connectivity index is 1.45. The molecule has 29 heavy (non-hydrogen) atoms. The number of rotatable bonds is 3. The van der Waals surface area contributed by atoms with E-state index in [1.807, 2.05) is 12.1 Å². The molecule has 0 aromatic heterocycles. The van der Waals surface area contributed by atoms with Crippen LogP contribution in [0.4, 0.5) is 0 Å². The summed E-state index contributed by atoms with van der Waals surface area (Å²) >= 11 is 6.01. The smallest absolute Gasteiger partial charge is 0.0406 e. The van der Waals surface area contributed by atoms with Crippen molar-refractivity contribution in [3.8, 4) is 33.4 Å². The maximum absolute atomic E-state index is 6.01. The molecule has 0 atom stereocenters. The minimum Gasteiger partial charge on any atom is -0.0843 e. The second-order valence-corrected chi connectivity index (χ2v) is 7.96. The Bertz CT molecular complexity index is 1180. The van der Waals surface area contributed by atoms with E-state index in [1.165, 1.54) is 44.5 Å². The highest BCUT2D eigenvalue weighted by Gasteiger charge is 2.08. The lowest BCUT2D eigenvalue weighted by atomic mass is 9.92. The summed E-state index contributed by atoms with van der Waals surface area (Å²) in [6.45, 7) is 0. The summed E-state index contributed by atoms with van der Waals surface area (Å²) in [5, 5.41) is 0.764. The van der Waals surface area contributed by atoms with Crippen LogP contribution < -0.4 is 0 Å². The van der Waals surface area contributed by atoms with E-state index in [-0.39, 0.29) is 0 Å². The van der Waals surface area contributed by atoms with Crippen LogP contribution in [-0.4, -0.2) is 0 Å². The maximum Gasteiger partial charge on any atom is 0.0406 e. The molecule has 0 bridgehead atoms. The average molecular weight is 393 g/mol. The van der Waals surface area contributed by atoms with E-state index in [4.69, 9.17) is 11.6 Å². The van der Waals surface area contributed by atoms with E-state index in [9.17, 15) is 0 Å². The molecule has 0 spiro atoms. The summed E-state index contributed by atoms with van der Waals surface area (Å²) in [4.78, 5) is 0. The Labute approximate surface area is 177 Å². The van der Waals surface area contributed by atoms with Crippen molar-refractivity contribution in [3.05, 3.63) is 113 Å². The number of hydrogen-bond donors (Lipinski definition) is 0. The first-order chi connectivity index (χ1) is 14.3. The minimum atomic E-state index is 0.764. The van der Waals surface area contributed by atoms with Gasteiger partial charge in [0.05, 0.1) is 0 Å². The highest BCUT2D eigenvalue weighted by atomic mass is 35.5. The molecule has 1 aliphatic carbocycles. The molecule has 5 rings (SSSR count). The number of benzene rings is 4. The van der Waals surface area contributed by atoms with Crippen molar-refractivity contribution in [2.45, 2.75) is 12.8 Å². The van der Waals surface area contributed by atoms with Crippen LogP contribution >= 0.6 is 11.6 Å². The number of hydrogen-bond acceptors (Lipinski definition) is 0. The standard InChI is InChI=1S/C28H21Cl/c29-28-16-14-22(15-17-28)21-8-10-23(11-9-21)25-6-3-7-26(18-25)27-13-12-20-4-1-2-5-24(20)19-27/h1,3-4,6-19H,2,5H2. The van der Waals surface area contributed by atoms with Gasteiger partial charge in [-0.05, 0) is 75.5 Å². The van der Waals surface area contributed by atoms with E-state index >= 15 is 0 Å². The van der Waals surface area contributed by atoms with E-state index < -0.39 is 0 Å². The molecule has 0 saturated heterocycles. The summed E-state index contributed by atoms with van der Waals surface area (Å²) in [5.74, 6) is 0. The molecule has 1 heteroatoms. The third kappa shape index (κ3) is 3.77. The maximum atomic E-state index is 6.01. The lowest BCUT2D eigenvalue weighted by molar-refractivity contribution is 0.986. The van der Waals surface area contributed by atoms with Crippen molar-refractivity contribution in [1.82, 2.24) is 0 Å². The van der Waals surface area contributed by atoms with Gasteiger partial charge in [0.1, 0.15) is 0 Å². The fraction of sp³-hybridized carbons (Fsp3) is 0.0714. The van der Waals surface area contributed by atoms with Crippen molar-refractivity contribution >= 4 is 17.7 Å². The second kappa shape index (κ2) is 7.73. The van der Waals surface area contributed by atoms with Gasteiger partial charge in [0, 0.05) is 5.02 Å². The summed E-state index contributed by atoms with van der Waals surface area (Å²) in [6, 6.07) is 32.4. The van der Waals surface area contributed by atoms with Crippen molar-refractivity contribution in [2.24, 2.45) is 0 Å². The van der Waals surface area contributed by atoms with Crippen LogP contribution in [0.25, 0.3) is 39.5 Å². The average Bonchev–Trinajstić information content (AvgIpc) is 2.79. The molecular weight excluding hydrogens is 372 g/mol. The van der Waals surface area contributed by atoms with Gasteiger partial charge in [0.15, 0.2) is 0 Å². The quantitative estimate of drug-likeness (QED) is 0.329. The van der Waals surface area contributed by atoms with Gasteiger partial charge in [-0.15, -0.1) is 0 Å². The van der Waals surface area contributed by atoms with Gasteiger partial charge in [-0.1, -0.05) is 96.5 Å². The fourth-order valence-electron chi connectivity index (χ4n) is 3.99. The Morgan fingerprint density at radius 1 is 0.552 bits per heavy atom. The Kier molecular flexibility index (Phi) is 4.79. The number of aryl methyl sites for hydroxylation is 1. The lowest BCUT2D eigenvalue weighted by Crippen LogP contribution is -1.94.